The maximum absolute atomic E-state index is 12.7. The first-order valence-corrected chi connectivity index (χ1v) is 10.4. The lowest BCUT2D eigenvalue weighted by molar-refractivity contribution is -0.131. The second-order valence-corrected chi connectivity index (χ2v) is 7.46. The van der Waals surface area contributed by atoms with Crippen molar-refractivity contribution < 1.29 is 23.9 Å². The minimum absolute atomic E-state index is 0.0133. The Kier molecular flexibility index (Phi) is 7.70. The number of benzene rings is 3. The Labute approximate surface area is 191 Å². The largest absolute Gasteiger partial charge is 0.427 e. The quantitative estimate of drug-likeness (QED) is 0.296. The number of amides is 2. The molecular formula is C26H24N2O5. The van der Waals surface area contributed by atoms with Crippen LogP contribution in [0.2, 0.25) is 0 Å². The van der Waals surface area contributed by atoms with Crippen LogP contribution >= 0.6 is 0 Å². The lowest BCUT2D eigenvalue weighted by Gasteiger charge is -2.13. The smallest absolute Gasteiger partial charge is 0.308 e. The zero-order valence-electron chi connectivity index (χ0n) is 18.4. The molecular weight excluding hydrogens is 420 g/mol. The zero-order chi connectivity index (χ0) is 23.8. The van der Waals surface area contributed by atoms with Crippen molar-refractivity contribution in [1.29, 1.82) is 0 Å². The van der Waals surface area contributed by atoms with E-state index in [0.717, 1.165) is 5.56 Å². The molecule has 7 heteroatoms. The summed E-state index contributed by atoms with van der Waals surface area (Å²) in [6, 6.07) is 20.2. The van der Waals surface area contributed by atoms with E-state index in [4.69, 9.17) is 4.74 Å². The van der Waals surface area contributed by atoms with E-state index in [9.17, 15) is 19.2 Å². The van der Waals surface area contributed by atoms with Crippen molar-refractivity contribution in [2.24, 2.45) is 0 Å². The Morgan fingerprint density at radius 3 is 2.09 bits per heavy atom. The van der Waals surface area contributed by atoms with Crippen LogP contribution in [0.5, 0.6) is 5.75 Å². The van der Waals surface area contributed by atoms with Crippen LogP contribution in [0.15, 0.2) is 72.8 Å². The molecule has 0 fully saturated rings. The molecule has 168 valence electrons. The van der Waals surface area contributed by atoms with Crippen molar-refractivity contribution in [3.05, 3.63) is 89.5 Å². The van der Waals surface area contributed by atoms with Gasteiger partial charge in [-0.15, -0.1) is 0 Å². The Morgan fingerprint density at radius 2 is 1.42 bits per heavy atom. The van der Waals surface area contributed by atoms with Gasteiger partial charge in [-0.25, -0.2) is 0 Å². The van der Waals surface area contributed by atoms with Gasteiger partial charge in [0, 0.05) is 30.9 Å². The number of anilines is 2. The van der Waals surface area contributed by atoms with Crippen molar-refractivity contribution in [2.45, 2.75) is 26.7 Å². The molecule has 0 aliphatic heterocycles. The fraction of sp³-hybridized carbons (Fsp3) is 0.154. The van der Waals surface area contributed by atoms with Gasteiger partial charge < -0.3 is 15.4 Å². The number of aryl methyl sites for hydroxylation is 1. The van der Waals surface area contributed by atoms with Crippen LogP contribution in [0.1, 0.15) is 46.0 Å². The summed E-state index contributed by atoms with van der Waals surface area (Å²) in [5.41, 5.74) is 2.73. The van der Waals surface area contributed by atoms with Gasteiger partial charge in [-0.2, -0.15) is 0 Å². The van der Waals surface area contributed by atoms with Gasteiger partial charge in [0.15, 0.2) is 5.78 Å². The fourth-order valence-corrected chi connectivity index (χ4v) is 3.09. The number of ether oxygens (including phenoxy) is 1. The summed E-state index contributed by atoms with van der Waals surface area (Å²) in [5.74, 6) is -1.11. The van der Waals surface area contributed by atoms with Gasteiger partial charge in [0.25, 0.3) is 5.91 Å². The highest BCUT2D eigenvalue weighted by atomic mass is 16.5. The first-order valence-electron chi connectivity index (χ1n) is 10.4. The molecule has 2 N–H and O–H groups in total. The topological polar surface area (TPSA) is 102 Å². The van der Waals surface area contributed by atoms with E-state index < -0.39 is 11.9 Å². The van der Waals surface area contributed by atoms with Crippen molar-refractivity contribution >= 4 is 34.9 Å². The molecule has 0 heterocycles. The molecule has 0 saturated heterocycles. The fourth-order valence-electron chi connectivity index (χ4n) is 3.09. The molecule has 0 aromatic heterocycles. The third kappa shape index (κ3) is 6.87. The highest BCUT2D eigenvalue weighted by molar-refractivity contribution is 6.08. The van der Waals surface area contributed by atoms with Gasteiger partial charge in [0.2, 0.25) is 5.91 Å². The van der Waals surface area contributed by atoms with E-state index >= 15 is 0 Å². The van der Waals surface area contributed by atoms with Crippen molar-refractivity contribution in [3.63, 3.8) is 0 Å². The van der Waals surface area contributed by atoms with Crippen LogP contribution < -0.4 is 15.4 Å². The first kappa shape index (κ1) is 23.4. The molecule has 33 heavy (non-hydrogen) atoms. The maximum atomic E-state index is 12.7. The minimum atomic E-state index is -0.485. The lowest BCUT2D eigenvalue weighted by Crippen LogP contribution is -2.17. The van der Waals surface area contributed by atoms with E-state index in [2.05, 4.69) is 10.6 Å². The molecule has 0 atom stereocenters. The minimum Gasteiger partial charge on any atom is -0.427 e. The Bertz CT molecular complexity index is 1190. The number of Topliss-reactive ketones (excluding diaryl/α,β-unsaturated/α-hetero) is 1. The highest BCUT2D eigenvalue weighted by Gasteiger charge is 2.14. The number of rotatable bonds is 8. The third-order valence-corrected chi connectivity index (χ3v) is 4.76. The second-order valence-electron chi connectivity index (χ2n) is 7.46. The average Bonchev–Trinajstić information content (AvgIpc) is 2.79. The number of hydrogen-bond acceptors (Lipinski definition) is 5. The molecule has 7 nitrogen and oxygen atoms in total. The molecule has 0 aliphatic carbocycles. The number of esters is 1. The van der Waals surface area contributed by atoms with Crippen LogP contribution in [0.25, 0.3) is 0 Å². The Hall–Kier alpha value is -4.26. The van der Waals surface area contributed by atoms with Gasteiger partial charge in [-0.1, -0.05) is 48.0 Å². The van der Waals surface area contributed by atoms with Crippen molar-refractivity contribution in [1.82, 2.24) is 0 Å². The van der Waals surface area contributed by atoms with Gasteiger partial charge in [0.05, 0.1) is 11.4 Å². The van der Waals surface area contributed by atoms with Crippen LogP contribution in [0.3, 0.4) is 0 Å². The number of hydrogen-bond donors (Lipinski definition) is 2. The van der Waals surface area contributed by atoms with Crippen molar-refractivity contribution in [3.8, 4) is 5.75 Å². The number of para-hydroxylation sites is 2. The van der Waals surface area contributed by atoms with Crippen LogP contribution in [-0.4, -0.2) is 23.6 Å². The van der Waals surface area contributed by atoms with E-state index in [1.54, 1.807) is 54.6 Å². The van der Waals surface area contributed by atoms with E-state index in [1.165, 1.54) is 13.0 Å². The van der Waals surface area contributed by atoms with Gasteiger partial charge >= 0.3 is 5.97 Å². The molecule has 0 spiro atoms. The monoisotopic (exact) mass is 444 g/mol. The zero-order valence-corrected chi connectivity index (χ0v) is 18.4. The molecule has 0 radical (unpaired) electrons. The van der Waals surface area contributed by atoms with E-state index in [1.807, 2.05) is 19.1 Å². The SMILES string of the molecule is CC(=O)Oc1cccc(C(=O)Nc2ccccc2NC(=O)CCC(=O)c2ccc(C)cc2)c1. The summed E-state index contributed by atoms with van der Waals surface area (Å²) in [7, 11) is 0. The van der Waals surface area contributed by atoms with Crippen LogP contribution in [0, 0.1) is 6.92 Å². The second kappa shape index (κ2) is 10.9. The number of carbonyl (C=O) groups excluding carboxylic acids is 4. The standard InChI is InChI=1S/C26H24N2O5/c1-17-10-12-19(13-11-17)24(30)14-15-25(31)27-22-8-3-4-9-23(22)28-26(32)20-6-5-7-21(16-20)33-18(2)29/h3-13,16H,14-15H2,1-2H3,(H,27,31)(H,28,32). The molecule has 2 amide bonds. The van der Waals surface area contributed by atoms with Gasteiger partial charge in [-0.05, 0) is 37.3 Å². The molecule has 0 bridgehead atoms. The predicted molar refractivity (Wildman–Crippen MR) is 126 cm³/mol. The molecule has 0 aliphatic rings. The summed E-state index contributed by atoms with van der Waals surface area (Å²) in [6.45, 7) is 3.22. The molecule has 0 saturated carbocycles. The van der Waals surface area contributed by atoms with Gasteiger partial charge in [-0.3, -0.25) is 19.2 Å². The normalized spacial score (nSPS) is 10.2. The highest BCUT2D eigenvalue weighted by Crippen LogP contribution is 2.23. The van der Waals surface area contributed by atoms with E-state index in [-0.39, 0.29) is 30.3 Å². The lowest BCUT2D eigenvalue weighted by atomic mass is 10.0. The Balaban J connectivity index is 1.62. The number of ketones is 1. The molecule has 3 rings (SSSR count). The first-order chi connectivity index (χ1) is 15.8. The molecule has 3 aromatic rings. The average molecular weight is 444 g/mol. The summed E-state index contributed by atoms with van der Waals surface area (Å²) in [4.78, 5) is 48.6. The third-order valence-electron chi connectivity index (χ3n) is 4.76. The number of carbonyl (C=O) groups is 4. The van der Waals surface area contributed by atoms with Crippen LogP contribution in [-0.2, 0) is 9.59 Å². The summed E-state index contributed by atoms with van der Waals surface area (Å²) >= 11 is 0. The molecule has 3 aromatic carbocycles. The summed E-state index contributed by atoms with van der Waals surface area (Å²) in [5, 5.41) is 5.49. The van der Waals surface area contributed by atoms with Gasteiger partial charge in [0.1, 0.15) is 5.75 Å². The maximum Gasteiger partial charge on any atom is 0.308 e. The summed E-state index contributed by atoms with van der Waals surface area (Å²) in [6.07, 6.45) is 0.0891. The Morgan fingerprint density at radius 1 is 0.758 bits per heavy atom. The van der Waals surface area contributed by atoms with E-state index in [0.29, 0.717) is 22.5 Å². The summed E-state index contributed by atoms with van der Waals surface area (Å²) < 4.78 is 5.01. The molecule has 0 unspecified atom stereocenters. The predicted octanol–water partition coefficient (Wildman–Crippen LogP) is 4.77. The van der Waals surface area contributed by atoms with Crippen molar-refractivity contribution in [2.75, 3.05) is 10.6 Å². The number of nitrogens with one attached hydrogen (secondary N) is 2. The van der Waals surface area contributed by atoms with Crippen LogP contribution in [0.4, 0.5) is 11.4 Å².